The summed E-state index contributed by atoms with van der Waals surface area (Å²) in [5.74, 6) is -0.467. The number of amides is 1. The molecule has 0 saturated carbocycles. The Hall–Kier alpha value is -1.56. The molecule has 0 heterocycles. The zero-order chi connectivity index (χ0) is 16.5. The molecule has 0 bridgehead atoms. The standard InChI is InChI=1S/C16H20BrNO4/c1-15(2,3)22-14(20)18-16(13(19)21-4)8-10-5-6-12(17)7-11(10)9-16/h5-7H,8-9H2,1-4H3,(H,18,20). The monoisotopic (exact) mass is 369 g/mol. The number of ether oxygens (including phenoxy) is 2. The van der Waals surface area contributed by atoms with E-state index in [1.165, 1.54) is 7.11 Å². The van der Waals surface area contributed by atoms with Crippen molar-refractivity contribution in [2.45, 2.75) is 44.8 Å². The van der Waals surface area contributed by atoms with Crippen LogP contribution < -0.4 is 5.32 Å². The molecule has 0 radical (unpaired) electrons. The molecule has 1 aromatic carbocycles. The van der Waals surface area contributed by atoms with E-state index < -0.39 is 23.2 Å². The number of hydrogen-bond acceptors (Lipinski definition) is 4. The van der Waals surface area contributed by atoms with Crippen molar-refractivity contribution in [1.82, 2.24) is 5.32 Å². The third-order valence-electron chi connectivity index (χ3n) is 3.47. The Morgan fingerprint density at radius 2 is 1.86 bits per heavy atom. The molecule has 0 aliphatic heterocycles. The van der Waals surface area contributed by atoms with E-state index in [9.17, 15) is 9.59 Å². The molecule has 1 atom stereocenters. The van der Waals surface area contributed by atoms with Crippen LogP contribution in [0, 0.1) is 0 Å². The fourth-order valence-electron chi connectivity index (χ4n) is 2.62. The van der Waals surface area contributed by atoms with E-state index in [0.29, 0.717) is 12.8 Å². The first-order valence-corrected chi connectivity index (χ1v) is 7.81. The van der Waals surface area contributed by atoms with Gasteiger partial charge in [-0.05, 0) is 44.0 Å². The van der Waals surface area contributed by atoms with Crippen molar-refractivity contribution in [2.24, 2.45) is 0 Å². The van der Waals surface area contributed by atoms with Crippen LogP contribution in [0.3, 0.4) is 0 Å². The van der Waals surface area contributed by atoms with E-state index in [0.717, 1.165) is 15.6 Å². The Bertz CT molecular complexity index is 609. The number of carbonyl (C=O) groups excluding carboxylic acids is 2. The summed E-state index contributed by atoms with van der Waals surface area (Å²) in [5.41, 5.74) is 0.288. The van der Waals surface area contributed by atoms with Crippen LogP contribution >= 0.6 is 15.9 Å². The smallest absolute Gasteiger partial charge is 0.408 e. The molecule has 1 amide bonds. The minimum absolute atomic E-state index is 0.383. The van der Waals surface area contributed by atoms with Crippen LogP contribution in [0.4, 0.5) is 4.79 Å². The van der Waals surface area contributed by atoms with Crippen molar-refractivity contribution in [3.05, 3.63) is 33.8 Å². The minimum Gasteiger partial charge on any atom is -0.467 e. The number of halogens is 1. The number of nitrogens with one attached hydrogen (secondary N) is 1. The number of fused-ring (bicyclic) bond motifs is 1. The molecule has 1 aromatic rings. The number of carbonyl (C=O) groups is 2. The van der Waals surface area contributed by atoms with Gasteiger partial charge < -0.3 is 14.8 Å². The molecule has 0 fully saturated rings. The van der Waals surface area contributed by atoms with Gasteiger partial charge in [-0.3, -0.25) is 0 Å². The third kappa shape index (κ3) is 3.61. The van der Waals surface area contributed by atoms with Crippen LogP contribution in [0.2, 0.25) is 0 Å². The Morgan fingerprint density at radius 3 is 2.45 bits per heavy atom. The van der Waals surface area contributed by atoms with Gasteiger partial charge in [0.15, 0.2) is 0 Å². The van der Waals surface area contributed by atoms with Crippen molar-refractivity contribution in [3.63, 3.8) is 0 Å². The molecule has 0 aromatic heterocycles. The summed E-state index contributed by atoms with van der Waals surface area (Å²) in [6.07, 6.45) is 0.152. The first-order chi connectivity index (χ1) is 10.1. The van der Waals surface area contributed by atoms with Crippen molar-refractivity contribution in [1.29, 1.82) is 0 Å². The van der Waals surface area contributed by atoms with Crippen LogP contribution in [0.1, 0.15) is 31.9 Å². The Balaban J connectivity index is 2.25. The third-order valence-corrected chi connectivity index (χ3v) is 3.96. The zero-order valence-electron chi connectivity index (χ0n) is 13.2. The van der Waals surface area contributed by atoms with Crippen molar-refractivity contribution in [3.8, 4) is 0 Å². The van der Waals surface area contributed by atoms with Gasteiger partial charge in [-0.2, -0.15) is 0 Å². The second kappa shape index (κ2) is 5.91. The SMILES string of the molecule is COC(=O)C1(NC(=O)OC(C)(C)C)Cc2ccc(Br)cc2C1. The Morgan fingerprint density at radius 1 is 1.23 bits per heavy atom. The quantitative estimate of drug-likeness (QED) is 0.813. The summed E-state index contributed by atoms with van der Waals surface area (Å²) in [4.78, 5) is 24.4. The number of methoxy groups -OCH3 is 1. The van der Waals surface area contributed by atoms with Gasteiger partial charge in [0.1, 0.15) is 11.1 Å². The molecular weight excluding hydrogens is 350 g/mol. The van der Waals surface area contributed by atoms with E-state index in [1.807, 2.05) is 18.2 Å². The van der Waals surface area contributed by atoms with E-state index in [-0.39, 0.29) is 0 Å². The molecule has 6 heteroatoms. The van der Waals surface area contributed by atoms with Gasteiger partial charge in [0, 0.05) is 17.3 Å². The highest BCUT2D eigenvalue weighted by Gasteiger charge is 2.47. The van der Waals surface area contributed by atoms with E-state index in [2.05, 4.69) is 21.2 Å². The highest BCUT2D eigenvalue weighted by atomic mass is 79.9. The molecule has 1 aliphatic rings. The van der Waals surface area contributed by atoms with E-state index in [1.54, 1.807) is 20.8 Å². The van der Waals surface area contributed by atoms with Gasteiger partial charge in [0.2, 0.25) is 0 Å². The van der Waals surface area contributed by atoms with Gasteiger partial charge in [-0.15, -0.1) is 0 Å². The van der Waals surface area contributed by atoms with Crippen LogP contribution in [0.5, 0.6) is 0 Å². The number of rotatable bonds is 2. The Kier molecular flexibility index (Phi) is 4.52. The van der Waals surface area contributed by atoms with Crippen molar-refractivity contribution < 1.29 is 19.1 Å². The largest absolute Gasteiger partial charge is 0.467 e. The molecule has 2 rings (SSSR count). The van der Waals surface area contributed by atoms with Crippen molar-refractivity contribution >= 4 is 28.0 Å². The van der Waals surface area contributed by atoms with Crippen LogP contribution in [-0.2, 0) is 27.1 Å². The molecule has 1 N–H and O–H groups in total. The van der Waals surface area contributed by atoms with E-state index in [4.69, 9.17) is 9.47 Å². The highest BCUT2D eigenvalue weighted by molar-refractivity contribution is 9.10. The van der Waals surface area contributed by atoms with Crippen molar-refractivity contribution in [2.75, 3.05) is 7.11 Å². The predicted octanol–water partition coefficient (Wildman–Crippen LogP) is 2.98. The molecule has 22 heavy (non-hydrogen) atoms. The van der Waals surface area contributed by atoms with Gasteiger partial charge in [-0.25, -0.2) is 9.59 Å². The summed E-state index contributed by atoms with van der Waals surface area (Å²) in [7, 11) is 1.32. The van der Waals surface area contributed by atoms with E-state index >= 15 is 0 Å². The van der Waals surface area contributed by atoms with Crippen LogP contribution in [0.15, 0.2) is 22.7 Å². The van der Waals surface area contributed by atoms with Crippen LogP contribution in [-0.4, -0.2) is 30.3 Å². The lowest BCUT2D eigenvalue weighted by atomic mass is 9.96. The second-order valence-electron chi connectivity index (χ2n) is 6.47. The van der Waals surface area contributed by atoms with Gasteiger partial charge >= 0.3 is 12.1 Å². The minimum atomic E-state index is -1.11. The molecule has 120 valence electrons. The number of hydrogen-bond donors (Lipinski definition) is 1. The molecule has 5 nitrogen and oxygen atoms in total. The van der Waals surface area contributed by atoms with Gasteiger partial charge in [-0.1, -0.05) is 22.0 Å². The molecule has 0 saturated heterocycles. The summed E-state index contributed by atoms with van der Waals surface area (Å²) in [5, 5.41) is 2.72. The average Bonchev–Trinajstić information content (AvgIpc) is 2.73. The maximum atomic E-state index is 12.3. The average molecular weight is 370 g/mol. The van der Waals surface area contributed by atoms with Gasteiger partial charge in [0.25, 0.3) is 0 Å². The Labute approximate surface area is 138 Å². The fourth-order valence-corrected chi connectivity index (χ4v) is 3.03. The lowest BCUT2D eigenvalue weighted by Gasteiger charge is -2.29. The molecule has 1 aliphatic carbocycles. The molecule has 0 spiro atoms. The second-order valence-corrected chi connectivity index (χ2v) is 7.38. The lowest BCUT2D eigenvalue weighted by molar-refractivity contribution is -0.148. The number of alkyl carbamates (subject to hydrolysis) is 1. The summed E-state index contributed by atoms with van der Waals surface area (Å²) < 4.78 is 11.1. The summed E-state index contributed by atoms with van der Waals surface area (Å²) in [6.45, 7) is 5.33. The molecular formula is C16H20BrNO4. The first-order valence-electron chi connectivity index (χ1n) is 7.02. The lowest BCUT2D eigenvalue weighted by Crippen LogP contribution is -2.56. The molecule has 1 unspecified atom stereocenters. The maximum Gasteiger partial charge on any atom is 0.408 e. The van der Waals surface area contributed by atoms with Gasteiger partial charge in [0.05, 0.1) is 7.11 Å². The normalized spacial score (nSPS) is 20.2. The summed E-state index contributed by atoms with van der Waals surface area (Å²) >= 11 is 3.42. The summed E-state index contributed by atoms with van der Waals surface area (Å²) in [6, 6.07) is 5.82. The highest BCUT2D eigenvalue weighted by Crippen LogP contribution is 2.33. The number of esters is 1. The predicted molar refractivity (Wildman–Crippen MR) is 85.7 cm³/mol. The maximum absolute atomic E-state index is 12.3. The topological polar surface area (TPSA) is 64.6 Å². The fraction of sp³-hybridized carbons (Fsp3) is 0.500. The zero-order valence-corrected chi connectivity index (χ0v) is 14.7. The first kappa shape index (κ1) is 16.8. The van der Waals surface area contributed by atoms with Crippen LogP contribution in [0.25, 0.3) is 0 Å². The number of benzene rings is 1.